The van der Waals surface area contributed by atoms with E-state index in [-0.39, 0.29) is 5.54 Å². The van der Waals surface area contributed by atoms with Gasteiger partial charge in [-0.15, -0.1) is 5.10 Å². The molecule has 21 heavy (non-hydrogen) atoms. The van der Waals surface area contributed by atoms with E-state index in [1.54, 1.807) is 0 Å². The first-order valence-corrected chi connectivity index (χ1v) is 7.63. The minimum absolute atomic E-state index is 0.0758. The Morgan fingerprint density at radius 2 is 1.95 bits per heavy atom. The van der Waals surface area contributed by atoms with Crippen molar-refractivity contribution in [3.63, 3.8) is 0 Å². The van der Waals surface area contributed by atoms with Crippen molar-refractivity contribution < 1.29 is 4.74 Å². The van der Waals surface area contributed by atoms with Crippen molar-refractivity contribution in [3.05, 3.63) is 11.9 Å². The first-order valence-electron chi connectivity index (χ1n) is 7.63. The van der Waals surface area contributed by atoms with Gasteiger partial charge in [0, 0.05) is 18.1 Å². The fraction of sp³-hybridized carbons (Fsp3) is 0.867. The molecule has 6 heteroatoms. The predicted molar refractivity (Wildman–Crippen MR) is 85.3 cm³/mol. The molecule has 0 saturated carbocycles. The molecule has 1 aromatic heterocycles. The smallest absolute Gasteiger partial charge is 0.114 e. The maximum atomic E-state index is 6.11. The summed E-state index contributed by atoms with van der Waals surface area (Å²) in [6.07, 6.45) is 1.96. The van der Waals surface area contributed by atoms with Crippen molar-refractivity contribution in [1.29, 1.82) is 0 Å². The summed E-state index contributed by atoms with van der Waals surface area (Å²) >= 11 is 0. The second-order valence-corrected chi connectivity index (χ2v) is 6.95. The zero-order valence-corrected chi connectivity index (χ0v) is 14.5. The summed E-state index contributed by atoms with van der Waals surface area (Å²) < 4.78 is 7.95. The number of nitrogens with one attached hydrogen (secondary N) is 2. The van der Waals surface area contributed by atoms with Gasteiger partial charge in [0.05, 0.1) is 19.3 Å². The van der Waals surface area contributed by atoms with Crippen molar-refractivity contribution in [2.45, 2.75) is 65.3 Å². The molecular weight excluding hydrogens is 266 g/mol. The topological polar surface area (TPSA) is 64.0 Å². The second kappa shape index (κ2) is 7.33. The van der Waals surface area contributed by atoms with Crippen molar-refractivity contribution in [2.24, 2.45) is 0 Å². The van der Waals surface area contributed by atoms with Crippen molar-refractivity contribution in [1.82, 2.24) is 25.6 Å². The van der Waals surface area contributed by atoms with E-state index in [4.69, 9.17) is 4.74 Å². The van der Waals surface area contributed by atoms with Crippen LogP contribution in [0.3, 0.4) is 0 Å². The zero-order chi connectivity index (χ0) is 16.1. The molecule has 0 aromatic carbocycles. The first kappa shape index (κ1) is 18.1. The minimum Gasteiger partial charge on any atom is -0.367 e. The van der Waals surface area contributed by atoms with E-state index in [1.807, 2.05) is 31.8 Å². The molecule has 0 atom stereocenters. The highest BCUT2D eigenvalue weighted by Gasteiger charge is 2.29. The summed E-state index contributed by atoms with van der Waals surface area (Å²) in [5.41, 5.74) is 0.334. The van der Waals surface area contributed by atoms with Gasteiger partial charge in [-0.3, -0.25) is 4.68 Å². The average Bonchev–Trinajstić information content (AvgIpc) is 2.82. The van der Waals surface area contributed by atoms with Gasteiger partial charge in [0.1, 0.15) is 11.3 Å². The lowest BCUT2D eigenvalue weighted by atomic mass is 10.0. The van der Waals surface area contributed by atoms with Crippen LogP contribution in [0.1, 0.15) is 47.2 Å². The Morgan fingerprint density at radius 3 is 2.52 bits per heavy atom. The lowest BCUT2D eigenvalue weighted by Gasteiger charge is -2.33. The van der Waals surface area contributed by atoms with Gasteiger partial charge in [-0.2, -0.15) is 0 Å². The van der Waals surface area contributed by atoms with Gasteiger partial charge in [0.2, 0.25) is 0 Å². The summed E-state index contributed by atoms with van der Waals surface area (Å²) in [6.45, 7) is 14.9. The largest absolute Gasteiger partial charge is 0.367 e. The molecule has 0 aliphatic carbocycles. The maximum absolute atomic E-state index is 6.11. The predicted octanol–water partition coefficient (Wildman–Crippen LogP) is 1.53. The molecule has 1 rings (SSSR count). The van der Waals surface area contributed by atoms with Gasteiger partial charge < -0.3 is 15.4 Å². The summed E-state index contributed by atoms with van der Waals surface area (Å²) in [5.74, 6) is 0. The molecule has 0 fully saturated rings. The lowest BCUT2D eigenvalue weighted by Crippen LogP contribution is -2.48. The lowest BCUT2D eigenvalue weighted by molar-refractivity contribution is -0.0507. The van der Waals surface area contributed by atoms with Gasteiger partial charge in [-0.25, -0.2) is 0 Å². The summed E-state index contributed by atoms with van der Waals surface area (Å²) in [4.78, 5) is 0. The normalized spacial score (nSPS) is 13.1. The molecule has 122 valence electrons. The second-order valence-electron chi connectivity index (χ2n) is 6.95. The Balaban J connectivity index is 2.62. The van der Waals surface area contributed by atoms with E-state index in [0.717, 1.165) is 18.8 Å². The van der Waals surface area contributed by atoms with Crippen LogP contribution in [0, 0.1) is 0 Å². The van der Waals surface area contributed by atoms with E-state index in [0.29, 0.717) is 12.6 Å². The molecule has 0 saturated heterocycles. The van der Waals surface area contributed by atoms with Crippen LogP contribution >= 0.6 is 0 Å². The van der Waals surface area contributed by atoms with Crippen LogP contribution in [0.25, 0.3) is 0 Å². The molecule has 1 heterocycles. The van der Waals surface area contributed by atoms with Crippen molar-refractivity contribution in [2.75, 3.05) is 20.2 Å². The molecule has 0 spiro atoms. The minimum atomic E-state index is -0.451. The van der Waals surface area contributed by atoms with Gasteiger partial charge in [0.15, 0.2) is 0 Å². The quantitative estimate of drug-likeness (QED) is 0.723. The molecule has 6 nitrogen and oxygen atoms in total. The van der Waals surface area contributed by atoms with Crippen LogP contribution < -0.4 is 10.6 Å². The van der Waals surface area contributed by atoms with Gasteiger partial charge >= 0.3 is 0 Å². The Bertz CT molecular complexity index is 425. The van der Waals surface area contributed by atoms with E-state index >= 15 is 0 Å². The third-order valence-electron chi connectivity index (χ3n) is 3.22. The average molecular weight is 297 g/mol. The van der Waals surface area contributed by atoms with Crippen LogP contribution in [0.15, 0.2) is 6.20 Å². The molecule has 0 bridgehead atoms. The highest BCUT2D eigenvalue weighted by atomic mass is 16.5. The van der Waals surface area contributed by atoms with Gasteiger partial charge in [-0.05, 0) is 34.7 Å². The Labute approximate surface area is 128 Å². The SMILES string of the molecule is CNCCn1cc(C(C)(C)OCC(C)(C)NC(C)C)nn1. The summed E-state index contributed by atoms with van der Waals surface area (Å²) in [7, 11) is 1.93. The van der Waals surface area contributed by atoms with Crippen LogP contribution in [-0.2, 0) is 16.9 Å². The monoisotopic (exact) mass is 297 g/mol. The fourth-order valence-corrected chi connectivity index (χ4v) is 2.17. The Kier molecular flexibility index (Phi) is 6.31. The maximum Gasteiger partial charge on any atom is 0.114 e. The third-order valence-corrected chi connectivity index (χ3v) is 3.22. The highest BCUT2D eigenvalue weighted by molar-refractivity contribution is 5.04. The molecule has 1 aromatic rings. The number of hydrogen-bond donors (Lipinski definition) is 2. The van der Waals surface area contributed by atoms with Crippen LogP contribution in [0.4, 0.5) is 0 Å². The molecule has 2 N–H and O–H groups in total. The standard InChI is InChI=1S/C15H31N5O/c1-12(2)17-14(3,4)11-21-15(5,6)13-10-20(19-18-13)9-8-16-7/h10,12,16-17H,8-9,11H2,1-7H3. The Hall–Kier alpha value is -0.980. The number of nitrogens with zero attached hydrogens (tertiary/aromatic N) is 3. The van der Waals surface area contributed by atoms with Gasteiger partial charge in [0.25, 0.3) is 0 Å². The molecule has 0 aliphatic heterocycles. The number of likely N-dealkylation sites (N-methyl/N-ethyl adjacent to an activating group) is 1. The first-order chi connectivity index (χ1) is 9.66. The molecular formula is C15H31N5O. The van der Waals surface area contributed by atoms with E-state index in [9.17, 15) is 0 Å². The van der Waals surface area contributed by atoms with E-state index in [1.165, 1.54) is 0 Å². The fourth-order valence-electron chi connectivity index (χ4n) is 2.17. The summed E-state index contributed by atoms with van der Waals surface area (Å²) in [6, 6.07) is 0.425. The number of aromatic nitrogens is 3. The van der Waals surface area contributed by atoms with Gasteiger partial charge in [-0.1, -0.05) is 19.1 Å². The van der Waals surface area contributed by atoms with E-state index in [2.05, 4.69) is 48.6 Å². The number of rotatable bonds is 9. The van der Waals surface area contributed by atoms with E-state index < -0.39 is 5.60 Å². The molecule has 0 unspecified atom stereocenters. The zero-order valence-electron chi connectivity index (χ0n) is 14.5. The highest BCUT2D eigenvalue weighted by Crippen LogP contribution is 2.24. The summed E-state index contributed by atoms with van der Waals surface area (Å²) in [5, 5.41) is 15.0. The Morgan fingerprint density at radius 1 is 1.29 bits per heavy atom. The van der Waals surface area contributed by atoms with Crippen LogP contribution in [-0.4, -0.2) is 46.8 Å². The van der Waals surface area contributed by atoms with Crippen molar-refractivity contribution >= 4 is 0 Å². The number of hydrogen-bond acceptors (Lipinski definition) is 5. The number of ether oxygens (including phenoxy) is 1. The van der Waals surface area contributed by atoms with Crippen molar-refractivity contribution in [3.8, 4) is 0 Å². The van der Waals surface area contributed by atoms with Crippen LogP contribution in [0.2, 0.25) is 0 Å². The van der Waals surface area contributed by atoms with Crippen LogP contribution in [0.5, 0.6) is 0 Å². The third kappa shape index (κ3) is 6.11. The molecule has 0 amide bonds. The molecule has 0 aliphatic rings. The molecule has 0 radical (unpaired) electrons.